The van der Waals surface area contributed by atoms with Crippen molar-refractivity contribution in [3.05, 3.63) is 23.9 Å². The highest BCUT2D eigenvalue weighted by molar-refractivity contribution is 5.88. The molecule has 8 nitrogen and oxygen atoms in total. The van der Waals surface area contributed by atoms with Crippen molar-refractivity contribution in [1.29, 1.82) is 0 Å². The number of nitrogens with zero attached hydrogens (tertiary/aromatic N) is 5. The van der Waals surface area contributed by atoms with Gasteiger partial charge < -0.3 is 5.32 Å². The van der Waals surface area contributed by atoms with E-state index in [1.165, 1.54) is 0 Å². The Morgan fingerprint density at radius 2 is 2.04 bits per heavy atom. The van der Waals surface area contributed by atoms with E-state index >= 15 is 0 Å². The molecule has 2 N–H and O–H groups in total. The van der Waals surface area contributed by atoms with Gasteiger partial charge in [-0.15, -0.1) is 0 Å². The lowest BCUT2D eigenvalue weighted by molar-refractivity contribution is 0.251. The average molecular weight is 333 g/mol. The lowest BCUT2D eigenvalue weighted by Crippen LogP contribution is -2.31. The summed E-state index contributed by atoms with van der Waals surface area (Å²) in [6.07, 6.45) is 2.49. The minimum absolute atomic E-state index is 0.217. The fourth-order valence-corrected chi connectivity index (χ4v) is 2.38. The highest BCUT2D eigenvalue weighted by Gasteiger charge is 2.15. The molecule has 2 amide bonds. The molecular formula is C16H27N7O. The number of hydrogen-bond donors (Lipinski definition) is 2. The van der Waals surface area contributed by atoms with Crippen molar-refractivity contribution in [2.75, 3.05) is 11.9 Å². The number of carbonyl (C=O) groups is 1. The number of aromatic nitrogens is 5. The number of carbonyl (C=O) groups excluding carboxylic acids is 1. The fraction of sp³-hybridized carbons (Fsp3) is 0.625. The summed E-state index contributed by atoms with van der Waals surface area (Å²) in [5.74, 6) is 2.80. The maximum absolute atomic E-state index is 12.0. The lowest BCUT2D eigenvalue weighted by atomic mass is 10.1. The molecule has 0 aliphatic rings. The molecule has 0 fully saturated rings. The second kappa shape index (κ2) is 7.94. The number of amides is 2. The van der Waals surface area contributed by atoms with Gasteiger partial charge in [0.25, 0.3) is 0 Å². The summed E-state index contributed by atoms with van der Waals surface area (Å²) in [6, 6.07) is 1.80. The van der Waals surface area contributed by atoms with E-state index in [0.29, 0.717) is 18.3 Å². The fourth-order valence-electron chi connectivity index (χ4n) is 2.38. The van der Waals surface area contributed by atoms with E-state index in [9.17, 15) is 4.79 Å². The van der Waals surface area contributed by atoms with E-state index in [2.05, 4.69) is 46.6 Å². The molecule has 0 aliphatic carbocycles. The largest absolute Gasteiger partial charge is 0.338 e. The van der Waals surface area contributed by atoms with Crippen LogP contribution in [0.5, 0.6) is 0 Å². The molecule has 2 aromatic rings. The lowest BCUT2D eigenvalue weighted by Gasteiger charge is -2.19. The summed E-state index contributed by atoms with van der Waals surface area (Å²) in [4.78, 5) is 16.3. The Labute approximate surface area is 142 Å². The number of aryl methyl sites for hydroxylation is 3. The molecule has 0 aromatic carbocycles. The maximum Gasteiger partial charge on any atom is 0.320 e. The topological polar surface area (TPSA) is 89.7 Å². The van der Waals surface area contributed by atoms with Crippen molar-refractivity contribution in [3.63, 3.8) is 0 Å². The first-order valence-corrected chi connectivity index (χ1v) is 8.35. The van der Waals surface area contributed by atoms with E-state index in [0.717, 1.165) is 24.6 Å². The molecular weight excluding hydrogens is 306 g/mol. The molecule has 0 bridgehead atoms. The minimum Gasteiger partial charge on any atom is -0.338 e. The molecule has 0 saturated heterocycles. The molecule has 2 rings (SSSR count). The molecule has 0 spiro atoms. The zero-order chi connectivity index (χ0) is 17.7. The van der Waals surface area contributed by atoms with Crippen LogP contribution < -0.4 is 10.6 Å². The number of nitrogens with one attached hydrogen (secondary N) is 2. The Hall–Kier alpha value is -2.38. The predicted octanol–water partition coefficient (Wildman–Crippen LogP) is 2.52. The van der Waals surface area contributed by atoms with Crippen LogP contribution in [0.25, 0.3) is 0 Å². The summed E-state index contributed by atoms with van der Waals surface area (Å²) in [7, 11) is 0. The summed E-state index contributed by atoms with van der Waals surface area (Å²) in [6.45, 7) is 11.4. The minimum atomic E-state index is -0.223. The maximum atomic E-state index is 12.0. The van der Waals surface area contributed by atoms with Crippen molar-refractivity contribution in [3.8, 4) is 0 Å². The third-order valence-electron chi connectivity index (χ3n) is 4.06. The van der Waals surface area contributed by atoms with Gasteiger partial charge in [0.05, 0.1) is 12.2 Å². The Morgan fingerprint density at radius 3 is 2.67 bits per heavy atom. The zero-order valence-electron chi connectivity index (χ0n) is 15.1. The van der Waals surface area contributed by atoms with Crippen molar-refractivity contribution < 1.29 is 4.79 Å². The number of urea groups is 1. The summed E-state index contributed by atoms with van der Waals surface area (Å²) >= 11 is 0. The number of rotatable bonds is 7. The molecule has 0 radical (unpaired) electrons. The smallest absolute Gasteiger partial charge is 0.320 e. The van der Waals surface area contributed by atoms with Crippen LogP contribution in [0.15, 0.2) is 12.3 Å². The second-order valence-corrected chi connectivity index (χ2v) is 6.31. The third-order valence-corrected chi connectivity index (χ3v) is 4.06. The Bertz CT molecular complexity index is 674. The van der Waals surface area contributed by atoms with E-state index in [1.54, 1.807) is 12.3 Å². The van der Waals surface area contributed by atoms with E-state index in [1.807, 2.05) is 23.2 Å². The zero-order valence-corrected chi connectivity index (χ0v) is 15.1. The Kier molecular flexibility index (Phi) is 5.94. The molecule has 1 atom stereocenters. The van der Waals surface area contributed by atoms with Crippen LogP contribution >= 0.6 is 0 Å². The van der Waals surface area contributed by atoms with Crippen LogP contribution in [0.2, 0.25) is 0 Å². The predicted molar refractivity (Wildman–Crippen MR) is 92.9 cm³/mol. The van der Waals surface area contributed by atoms with Crippen molar-refractivity contribution >= 4 is 11.8 Å². The van der Waals surface area contributed by atoms with Crippen LogP contribution in [-0.4, -0.2) is 37.1 Å². The van der Waals surface area contributed by atoms with Crippen LogP contribution in [0.4, 0.5) is 10.6 Å². The van der Waals surface area contributed by atoms with Gasteiger partial charge >= 0.3 is 6.03 Å². The highest BCUT2D eigenvalue weighted by Crippen LogP contribution is 2.20. The monoisotopic (exact) mass is 333 g/mol. The quantitative estimate of drug-likeness (QED) is 0.762. The first kappa shape index (κ1) is 18.0. The van der Waals surface area contributed by atoms with Gasteiger partial charge in [0.2, 0.25) is 0 Å². The molecule has 132 valence electrons. The molecule has 2 heterocycles. The van der Waals surface area contributed by atoms with Gasteiger partial charge in [0.15, 0.2) is 0 Å². The SMILES string of the molecule is Cc1nc(C)n(CCCNC(=O)Nc2ccnn2C(C)C(C)C)n1. The average Bonchev–Trinajstić information content (AvgIpc) is 3.09. The Balaban J connectivity index is 1.78. The van der Waals surface area contributed by atoms with Crippen LogP contribution in [0, 0.1) is 19.8 Å². The first-order chi connectivity index (χ1) is 11.4. The molecule has 1 unspecified atom stereocenters. The van der Waals surface area contributed by atoms with Gasteiger partial charge in [-0.05, 0) is 33.1 Å². The summed E-state index contributed by atoms with van der Waals surface area (Å²) < 4.78 is 3.69. The highest BCUT2D eigenvalue weighted by atomic mass is 16.2. The van der Waals surface area contributed by atoms with Crippen molar-refractivity contribution in [2.24, 2.45) is 5.92 Å². The van der Waals surface area contributed by atoms with Crippen molar-refractivity contribution in [2.45, 2.75) is 53.6 Å². The van der Waals surface area contributed by atoms with Gasteiger partial charge in [0, 0.05) is 19.2 Å². The molecule has 0 aliphatic heterocycles. The van der Waals surface area contributed by atoms with Crippen LogP contribution in [-0.2, 0) is 6.54 Å². The molecule has 2 aromatic heterocycles. The van der Waals surface area contributed by atoms with Crippen LogP contribution in [0.1, 0.15) is 44.9 Å². The third kappa shape index (κ3) is 4.56. The molecule has 0 saturated carbocycles. The van der Waals surface area contributed by atoms with Gasteiger partial charge in [-0.1, -0.05) is 13.8 Å². The normalized spacial score (nSPS) is 12.4. The Morgan fingerprint density at radius 1 is 1.29 bits per heavy atom. The van der Waals surface area contributed by atoms with Crippen molar-refractivity contribution in [1.82, 2.24) is 29.9 Å². The number of anilines is 1. The summed E-state index contributed by atoms with van der Waals surface area (Å²) in [5.41, 5.74) is 0. The van der Waals surface area contributed by atoms with E-state index in [-0.39, 0.29) is 12.1 Å². The van der Waals surface area contributed by atoms with Crippen LogP contribution in [0.3, 0.4) is 0 Å². The van der Waals surface area contributed by atoms with Gasteiger partial charge in [0.1, 0.15) is 17.5 Å². The van der Waals surface area contributed by atoms with Gasteiger partial charge in [-0.25, -0.2) is 14.5 Å². The second-order valence-electron chi connectivity index (χ2n) is 6.31. The first-order valence-electron chi connectivity index (χ1n) is 8.35. The number of hydrogen-bond acceptors (Lipinski definition) is 4. The molecule has 8 heteroatoms. The van der Waals surface area contributed by atoms with E-state index in [4.69, 9.17) is 0 Å². The molecule has 24 heavy (non-hydrogen) atoms. The standard InChI is InChI=1S/C16H27N7O/c1-11(2)12(3)23-15(7-9-18-23)20-16(24)17-8-6-10-22-14(5)19-13(4)21-22/h7,9,11-12H,6,8,10H2,1-5H3,(H2,17,20,24). The summed E-state index contributed by atoms with van der Waals surface area (Å²) in [5, 5.41) is 14.3. The van der Waals surface area contributed by atoms with Gasteiger partial charge in [-0.2, -0.15) is 10.2 Å². The van der Waals surface area contributed by atoms with Gasteiger partial charge in [-0.3, -0.25) is 10.00 Å². The van der Waals surface area contributed by atoms with E-state index < -0.39 is 0 Å².